The summed E-state index contributed by atoms with van der Waals surface area (Å²) >= 11 is 3.40. The lowest BCUT2D eigenvalue weighted by Crippen LogP contribution is -2.45. The summed E-state index contributed by atoms with van der Waals surface area (Å²) in [5.74, 6) is 4.59. The molecular weight excluding hydrogens is 1680 g/mol. The molecule has 126 heavy (non-hydrogen) atoms. The minimum Gasteiger partial charge on any atom is -0.493 e. The van der Waals surface area contributed by atoms with Gasteiger partial charge in [-0.3, -0.25) is 41.6 Å². The summed E-state index contributed by atoms with van der Waals surface area (Å²) in [6.07, 6.45) is 15.5. The zero-order valence-corrected chi connectivity index (χ0v) is 75.3. The lowest BCUT2D eigenvalue weighted by atomic mass is 10.0. The van der Waals surface area contributed by atoms with Crippen molar-refractivity contribution in [2.75, 3.05) is 157 Å². The third-order valence-corrected chi connectivity index (χ3v) is 24.0. The van der Waals surface area contributed by atoms with Gasteiger partial charge in [-0.2, -0.15) is 0 Å². The first-order valence-corrected chi connectivity index (χ1v) is 43.3. The van der Waals surface area contributed by atoms with Crippen LogP contribution in [-0.4, -0.2) is 203 Å². The molecule has 0 saturated carbocycles. The molecule has 664 valence electrons. The zero-order valence-electron chi connectivity index (χ0n) is 73.7. The molecule has 6 fully saturated rings. The van der Waals surface area contributed by atoms with Gasteiger partial charge in [0.15, 0.2) is 57.6 Å². The lowest BCUT2D eigenvalue weighted by molar-refractivity contribution is -0.172. The maximum absolute atomic E-state index is 13.1. The first kappa shape index (κ1) is 90.3. The highest BCUT2D eigenvalue weighted by Gasteiger charge is 2.41. The number of carbonyl (C=O) groups excluding carboxylic acids is 1. The number of ether oxygens (including phenoxy) is 12. The number of rotatable bonds is 18. The zero-order chi connectivity index (χ0) is 88.9. The summed E-state index contributed by atoms with van der Waals surface area (Å²) in [5, 5.41) is 6.90. The number of fused-ring (bicyclic) bond motifs is 4. The molecular formula is C95H110BrN13O17. The average Bonchev–Trinajstić information content (AvgIpc) is 0.837. The Morgan fingerprint density at radius 3 is 1.02 bits per heavy atom. The van der Waals surface area contributed by atoms with Gasteiger partial charge in [-0.1, -0.05) is 6.92 Å². The fraction of sp³-hybridized carbons (Fsp3) is 0.400. The number of Topliss-reactive ketones (excluding diaryl/α,β-unsaturated/α-hetero) is 1. The Morgan fingerprint density at radius 2 is 0.690 bits per heavy atom. The van der Waals surface area contributed by atoms with Crippen molar-refractivity contribution in [3.8, 4) is 91.0 Å². The molecule has 12 aromatic rings. The van der Waals surface area contributed by atoms with E-state index in [1.165, 1.54) is 16.5 Å². The van der Waals surface area contributed by atoms with E-state index < -0.39 is 5.79 Å². The number of piperidine rings is 4. The quantitative estimate of drug-likeness (QED) is 0.0806. The van der Waals surface area contributed by atoms with Gasteiger partial charge in [-0.05, 0) is 189 Å². The highest BCUT2D eigenvalue weighted by atomic mass is 79.9. The van der Waals surface area contributed by atoms with E-state index in [1.807, 2.05) is 119 Å². The average molecular weight is 1790 g/mol. The topological polar surface area (TPSA) is 299 Å². The second kappa shape index (κ2) is 40.6. The van der Waals surface area contributed by atoms with Crippen LogP contribution in [0.15, 0.2) is 170 Å². The van der Waals surface area contributed by atoms with Crippen LogP contribution in [0.25, 0.3) is 67.6 Å². The van der Waals surface area contributed by atoms with Crippen LogP contribution in [-0.2, 0) is 23.7 Å². The number of aromatic nitrogens is 8. The smallest absolute Gasteiger partial charge is 0.258 e. The van der Waals surface area contributed by atoms with Gasteiger partial charge in [0.1, 0.15) is 28.4 Å². The molecule has 14 heterocycles. The van der Waals surface area contributed by atoms with Gasteiger partial charge in [-0.15, -0.1) is 0 Å². The van der Waals surface area contributed by atoms with Crippen LogP contribution >= 0.6 is 15.9 Å². The van der Waals surface area contributed by atoms with Crippen LogP contribution in [0.1, 0.15) is 87.0 Å². The van der Waals surface area contributed by atoms with Gasteiger partial charge in [-0.25, -0.2) is 19.9 Å². The van der Waals surface area contributed by atoms with Gasteiger partial charge in [0.2, 0.25) is 0 Å². The van der Waals surface area contributed by atoms with Crippen LogP contribution < -0.4 is 85.5 Å². The monoisotopic (exact) mass is 1780 g/mol. The Bertz CT molecular complexity index is 6170. The van der Waals surface area contributed by atoms with Crippen molar-refractivity contribution < 1.29 is 61.6 Å². The molecule has 6 saturated heterocycles. The molecule has 4 aromatic carbocycles. The van der Waals surface area contributed by atoms with Crippen LogP contribution in [0.4, 0.5) is 17.1 Å². The van der Waals surface area contributed by atoms with Crippen molar-refractivity contribution in [2.45, 2.75) is 110 Å². The van der Waals surface area contributed by atoms with E-state index >= 15 is 0 Å². The maximum atomic E-state index is 13.1. The van der Waals surface area contributed by atoms with Crippen molar-refractivity contribution in [1.82, 2.24) is 48.2 Å². The molecule has 6 aliphatic rings. The number of halogens is 1. The lowest BCUT2D eigenvalue weighted by Gasteiger charge is -2.38. The van der Waals surface area contributed by atoms with Gasteiger partial charge >= 0.3 is 0 Å². The van der Waals surface area contributed by atoms with E-state index in [-0.39, 0.29) is 33.8 Å². The number of carbonyl (C=O) groups is 1. The molecule has 2 spiro atoms. The molecule has 0 amide bonds. The molecule has 31 heteroatoms. The number of benzene rings is 4. The summed E-state index contributed by atoms with van der Waals surface area (Å²) in [4.78, 5) is 88.6. The summed E-state index contributed by atoms with van der Waals surface area (Å²) < 4.78 is 72.6. The molecule has 18 rings (SSSR count). The van der Waals surface area contributed by atoms with Crippen molar-refractivity contribution >= 4 is 61.4 Å². The van der Waals surface area contributed by atoms with Gasteiger partial charge in [0.05, 0.1) is 123 Å². The van der Waals surface area contributed by atoms with Crippen molar-refractivity contribution in [3.05, 3.63) is 214 Å². The number of nitrogens with zero attached hydrogens (tertiary/aromatic N) is 11. The van der Waals surface area contributed by atoms with E-state index in [4.69, 9.17) is 71.8 Å². The molecule has 0 bridgehead atoms. The number of nitrogens with one attached hydrogen (secondary N) is 2. The molecule has 0 unspecified atom stereocenters. The Hall–Kier alpha value is -12.0. The van der Waals surface area contributed by atoms with E-state index in [1.54, 1.807) is 101 Å². The normalized spacial score (nSPS) is 16.0. The Labute approximate surface area is 739 Å². The predicted octanol–water partition coefficient (Wildman–Crippen LogP) is 13.1. The third-order valence-electron chi connectivity index (χ3n) is 23.5. The van der Waals surface area contributed by atoms with Gasteiger partial charge in [0, 0.05) is 173 Å². The minimum atomic E-state index is -0.422. The Kier molecular flexibility index (Phi) is 29.1. The molecule has 8 aromatic heterocycles. The highest BCUT2D eigenvalue weighted by Crippen LogP contribution is 2.39. The first-order chi connectivity index (χ1) is 61.0. The van der Waals surface area contributed by atoms with Crippen LogP contribution in [0.5, 0.6) is 46.0 Å². The number of hydrogen-bond donors (Lipinski definition) is 2. The third kappa shape index (κ3) is 20.4. The van der Waals surface area contributed by atoms with Crippen molar-refractivity contribution in [2.24, 2.45) is 0 Å². The summed E-state index contributed by atoms with van der Waals surface area (Å²) in [7, 11) is 12.7. The molecule has 2 N–H and O–H groups in total. The van der Waals surface area contributed by atoms with Crippen LogP contribution in [0, 0.1) is 27.7 Å². The Morgan fingerprint density at radius 1 is 0.389 bits per heavy atom. The summed E-state index contributed by atoms with van der Waals surface area (Å²) in [6, 6.07) is 37.0. The van der Waals surface area contributed by atoms with E-state index in [0.29, 0.717) is 137 Å². The van der Waals surface area contributed by atoms with Gasteiger partial charge < -0.3 is 82.2 Å². The standard InChI is InChI=1S/C25H32N4O3.C24H27N3O5.C22H23N3O4.C17H15BrN2O3.C7H13NO2/c1-5-10-26-19-8-11-28(12-9-19)20-13-17(2)25-27-21(15-24(30)29(25)16-20)18-6-7-22(31-3)23(14-18)32-4;1-16-12-18(26-8-6-24(7-9-26)31-10-11-32-24)15-27-22(28)14-19(25-23(16)27)17-4-5-20(29-2)21(13-17)30-3;1-14-10-16(24-8-6-17(26)7-9-24)13-25-21(27)12-18(23-22(14)25)15-4-5-19(28-2)20(11-15)29-3;1-10-6-12(18)9-20-16(21)8-13(19-17(10)20)11-4-5-14(22-2)15(7-11)23-3;1-3-8-4-2-7(1)9-5-6-10-7/h6-7,13-16,19,26H,5,8-12H2,1-4H3;4-5,12-15H,6-11H2,1-3H3;4-5,10-13H,6-9H2,1-3H3;4-9H,1-3H3;8H,1-6H2. The SMILES string of the molecule is C1CC2(CCN1)OCCO2.CCCNC1CCN(c2cc(C)c3nc(-c4ccc(OC)c(OC)c4)cc(=O)n3c2)CC1.COc1ccc(-c2cc(=O)n3cc(Br)cc(C)c3n2)cc1OC.COc1ccc(-c2cc(=O)n3cc(N4CCC(=O)CC4)cc(C)c3n2)cc1OC.COc1ccc(-c2cc(=O)n3cc(N4CCC5(CC4)OCCO5)cc(C)c3n2)cc1OC. The van der Waals surface area contributed by atoms with Crippen molar-refractivity contribution in [3.63, 3.8) is 0 Å². The highest BCUT2D eigenvalue weighted by molar-refractivity contribution is 9.10. The predicted molar refractivity (Wildman–Crippen MR) is 489 cm³/mol. The molecule has 0 aliphatic carbocycles. The fourth-order valence-electron chi connectivity index (χ4n) is 16.7. The molecule has 30 nitrogen and oxygen atoms in total. The van der Waals surface area contributed by atoms with Crippen molar-refractivity contribution in [1.29, 1.82) is 0 Å². The summed E-state index contributed by atoms with van der Waals surface area (Å²) in [6.45, 7) is 21.0. The largest absolute Gasteiger partial charge is 0.493 e. The summed E-state index contributed by atoms with van der Waals surface area (Å²) in [5.41, 5.74) is 14.4. The fourth-order valence-corrected chi connectivity index (χ4v) is 17.2. The second-order valence-corrected chi connectivity index (χ2v) is 32.6. The number of ketones is 1. The number of aryl methyl sites for hydroxylation is 4. The number of methoxy groups -OCH3 is 8. The first-order valence-electron chi connectivity index (χ1n) is 42.5. The number of hydrogen-bond acceptors (Lipinski definition) is 26. The molecule has 6 aliphatic heterocycles. The number of anilines is 3. The van der Waals surface area contributed by atoms with E-state index in [9.17, 15) is 24.0 Å². The Balaban J connectivity index is 0.000000132. The second-order valence-electron chi connectivity index (χ2n) is 31.7. The van der Waals surface area contributed by atoms with E-state index in [2.05, 4.69) is 65.3 Å². The minimum absolute atomic E-state index is 0.0933. The number of pyridine rings is 4. The van der Waals surface area contributed by atoms with E-state index in [0.717, 1.165) is 170 Å². The van der Waals surface area contributed by atoms with Crippen LogP contribution in [0.3, 0.4) is 0 Å². The molecule has 0 atom stereocenters. The maximum Gasteiger partial charge on any atom is 0.258 e. The molecule has 0 radical (unpaired) electrons. The van der Waals surface area contributed by atoms with Gasteiger partial charge in [0.25, 0.3) is 22.2 Å². The van der Waals surface area contributed by atoms with Crippen LogP contribution in [0.2, 0.25) is 0 Å².